The Kier molecular flexibility index (Phi) is 8.46. The van der Waals surface area contributed by atoms with Gasteiger partial charge in [-0.1, -0.05) is 11.6 Å². The molecule has 210 valence electrons. The molecule has 0 saturated carbocycles. The van der Waals surface area contributed by atoms with Gasteiger partial charge >= 0.3 is 8.60 Å². The van der Waals surface area contributed by atoms with E-state index in [0.717, 1.165) is 0 Å². The molecule has 1 aromatic carbocycles. The Morgan fingerprint density at radius 2 is 1.98 bits per heavy atom. The van der Waals surface area contributed by atoms with Crippen LogP contribution < -0.4 is 10.1 Å². The van der Waals surface area contributed by atoms with Crippen molar-refractivity contribution in [2.45, 2.75) is 31.7 Å². The molecular weight excluding hydrogens is 567 g/mol. The van der Waals surface area contributed by atoms with Gasteiger partial charge in [-0.2, -0.15) is 10.2 Å². The molecule has 4 aromatic rings. The largest absolute Gasteiger partial charge is 0.482 e. The molecule has 2 bridgehead atoms. The number of aromatic nitrogens is 5. The zero-order chi connectivity index (χ0) is 29.5. The fraction of sp³-hybridized carbons (Fsp3) is 0.346. The molecule has 4 radical (unpaired) electrons. The Morgan fingerprint density at radius 1 is 1.22 bits per heavy atom. The molecule has 0 spiro atoms. The van der Waals surface area contributed by atoms with E-state index >= 15 is 0 Å². The summed E-state index contributed by atoms with van der Waals surface area (Å²) >= 11 is 6.73. The quantitative estimate of drug-likeness (QED) is 0.180. The maximum absolute atomic E-state index is 14.6. The molecule has 4 heterocycles. The first kappa shape index (κ1) is 29.5. The average Bonchev–Trinajstić information content (AvgIpc) is 3.51. The van der Waals surface area contributed by atoms with Crippen molar-refractivity contribution in [2.75, 3.05) is 26.3 Å². The van der Waals surface area contributed by atoms with Gasteiger partial charge < -0.3 is 19.1 Å². The number of anilines is 1. The number of hydrogen-bond donors (Lipinski definition) is 1. The highest BCUT2D eigenvalue weighted by Crippen LogP contribution is 2.45. The predicted molar refractivity (Wildman–Crippen MR) is 157 cm³/mol. The topological polar surface area (TPSA) is 97.5 Å². The molecule has 0 saturated heterocycles. The van der Waals surface area contributed by atoms with Crippen LogP contribution in [-0.4, -0.2) is 61.2 Å². The predicted octanol–water partition coefficient (Wildman–Crippen LogP) is 5.06. The second kappa shape index (κ2) is 11.7. The lowest BCUT2D eigenvalue weighted by Crippen LogP contribution is -2.30. The molecule has 3 aromatic heterocycles. The highest BCUT2D eigenvalue weighted by atomic mass is 35.5. The first-order valence-corrected chi connectivity index (χ1v) is 14.2. The van der Waals surface area contributed by atoms with E-state index in [1.165, 1.54) is 26.4 Å². The van der Waals surface area contributed by atoms with Crippen LogP contribution >= 0.6 is 20.2 Å². The Hall–Kier alpha value is -2.95. The highest BCUT2D eigenvalue weighted by molar-refractivity contribution is 7.41. The number of hydrogen-bond acceptors (Lipinski definition) is 8. The van der Waals surface area contributed by atoms with Crippen molar-refractivity contribution in [1.82, 2.24) is 24.5 Å². The molecule has 5 rings (SSSR count). The number of rotatable bonds is 7. The lowest BCUT2D eigenvalue weighted by atomic mass is 9.47. The maximum atomic E-state index is 14.6. The summed E-state index contributed by atoms with van der Waals surface area (Å²) in [7, 11) is 17.1. The van der Waals surface area contributed by atoms with Crippen LogP contribution in [0, 0.1) is 5.82 Å². The SMILES string of the molecule is [B]C1([B])c2cn(C)nc2-c2ccc(F)cc2[C@@H](C)Oc2cc(cnc2NCOP(OC)OC)-c2c1c(Cl)nn2CC. The number of fused-ring (bicyclic) bond motifs is 7. The van der Waals surface area contributed by atoms with Gasteiger partial charge in [-0.15, -0.1) is 0 Å². The molecule has 1 atom stereocenters. The second-order valence-corrected chi connectivity index (χ2v) is 11.2. The fourth-order valence-electron chi connectivity index (χ4n) is 4.92. The Morgan fingerprint density at radius 3 is 2.68 bits per heavy atom. The minimum Gasteiger partial charge on any atom is -0.482 e. The molecule has 15 heteroatoms. The van der Waals surface area contributed by atoms with Crippen molar-refractivity contribution in [1.29, 1.82) is 0 Å². The van der Waals surface area contributed by atoms with E-state index in [2.05, 4.69) is 20.5 Å². The third-order valence-electron chi connectivity index (χ3n) is 6.74. The van der Waals surface area contributed by atoms with E-state index in [1.54, 1.807) is 40.9 Å². The van der Waals surface area contributed by atoms with Gasteiger partial charge in [0.1, 0.15) is 18.7 Å². The summed E-state index contributed by atoms with van der Waals surface area (Å²) in [6, 6.07) is 6.18. The molecular formula is C26H27B2ClFN6O4P. The number of aryl methyl sites for hydroxylation is 2. The van der Waals surface area contributed by atoms with Gasteiger partial charge in [0, 0.05) is 62.5 Å². The van der Waals surface area contributed by atoms with Gasteiger partial charge in [-0.3, -0.25) is 13.9 Å². The Bertz CT molecular complexity index is 1580. The molecule has 0 unspecified atom stereocenters. The number of halogens is 2. The van der Waals surface area contributed by atoms with Gasteiger partial charge in [-0.25, -0.2) is 9.37 Å². The number of nitrogens with zero attached hydrogens (tertiary/aromatic N) is 5. The van der Waals surface area contributed by atoms with Crippen molar-refractivity contribution < 1.29 is 22.7 Å². The lowest BCUT2D eigenvalue weighted by Gasteiger charge is -2.29. The number of ether oxygens (including phenoxy) is 1. The van der Waals surface area contributed by atoms with Crippen molar-refractivity contribution in [2.24, 2.45) is 7.05 Å². The van der Waals surface area contributed by atoms with Crippen LogP contribution in [0.15, 0.2) is 36.7 Å². The van der Waals surface area contributed by atoms with Crippen LogP contribution in [0.25, 0.3) is 22.5 Å². The van der Waals surface area contributed by atoms with Crippen molar-refractivity contribution >= 4 is 41.7 Å². The fourth-order valence-corrected chi connectivity index (χ4v) is 5.78. The molecule has 41 heavy (non-hydrogen) atoms. The monoisotopic (exact) mass is 594 g/mol. The summed E-state index contributed by atoms with van der Waals surface area (Å²) in [6.45, 7) is 4.24. The van der Waals surface area contributed by atoms with Crippen molar-refractivity contribution in [3.8, 4) is 28.3 Å². The molecule has 0 amide bonds. The summed E-state index contributed by atoms with van der Waals surface area (Å²) in [5.74, 6) is 0.301. The average molecular weight is 595 g/mol. The van der Waals surface area contributed by atoms with Crippen LogP contribution in [0.3, 0.4) is 0 Å². The van der Waals surface area contributed by atoms with Crippen LogP contribution in [0.4, 0.5) is 10.2 Å². The smallest absolute Gasteiger partial charge is 0.333 e. The first-order valence-electron chi connectivity index (χ1n) is 12.7. The second-order valence-electron chi connectivity index (χ2n) is 9.37. The van der Waals surface area contributed by atoms with E-state index in [1.807, 2.05) is 13.8 Å². The van der Waals surface area contributed by atoms with Gasteiger partial charge in [-0.05, 0) is 48.9 Å². The van der Waals surface area contributed by atoms with Gasteiger partial charge in [0.15, 0.2) is 16.7 Å². The van der Waals surface area contributed by atoms with Gasteiger partial charge in [0.2, 0.25) is 0 Å². The van der Waals surface area contributed by atoms with Gasteiger partial charge in [0.25, 0.3) is 0 Å². The minimum atomic E-state index is -1.64. The zero-order valence-electron chi connectivity index (χ0n) is 23.2. The Balaban J connectivity index is 1.75. The molecule has 1 aliphatic rings. The summed E-state index contributed by atoms with van der Waals surface area (Å²) in [4.78, 5) is 4.62. The van der Waals surface area contributed by atoms with E-state index in [-0.39, 0.29) is 11.9 Å². The van der Waals surface area contributed by atoms with E-state index in [4.69, 9.17) is 45.6 Å². The number of pyridine rings is 1. The van der Waals surface area contributed by atoms with E-state index < -0.39 is 25.7 Å². The summed E-state index contributed by atoms with van der Waals surface area (Å²) in [5.41, 5.74) is 3.65. The Labute approximate surface area is 246 Å². The number of benzene rings is 1. The molecule has 0 aliphatic carbocycles. The van der Waals surface area contributed by atoms with Gasteiger partial charge in [0.05, 0.1) is 27.1 Å². The van der Waals surface area contributed by atoms with E-state index in [0.29, 0.717) is 57.3 Å². The summed E-state index contributed by atoms with van der Waals surface area (Å²) in [6.07, 6.45) is 2.72. The van der Waals surface area contributed by atoms with Crippen molar-refractivity contribution in [3.63, 3.8) is 0 Å². The highest BCUT2D eigenvalue weighted by Gasteiger charge is 2.37. The summed E-state index contributed by atoms with van der Waals surface area (Å²) in [5, 5.41) is 10.8. The van der Waals surface area contributed by atoms with Crippen molar-refractivity contribution in [3.05, 3.63) is 64.3 Å². The molecule has 1 N–H and O–H groups in total. The third-order valence-corrected chi connectivity index (χ3v) is 7.94. The van der Waals surface area contributed by atoms with Crippen LogP contribution in [0.1, 0.15) is 36.6 Å². The summed E-state index contributed by atoms with van der Waals surface area (Å²) < 4.78 is 40.3. The first-order chi connectivity index (χ1) is 19.6. The standard InChI is InChI=1S/C26H27B2ClFN6O4P/c1-6-36-23-15-9-20(25(31-11-15)32-13-39-41(37-4)38-5)40-14(2)18-10-16(30)7-8-17(18)22-19(12-35(3)33-22)26(27,28)21(23)24(29)34-36/h7-12,14H,6,13H2,1-5H3,(H,31,32)/t14-/m1/s1. The van der Waals surface area contributed by atoms with Crippen LogP contribution in [-0.2, 0) is 32.4 Å². The zero-order valence-corrected chi connectivity index (χ0v) is 24.8. The minimum absolute atomic E-state index is 0.0195. The maximum Gasteiger partial charge on any atom is 0.333 e. The lowest BCUT2D eigenvalue weighted by molar-refractivity contribution is 0.214. The third kappa shape index (κ3) is 5.49. The van der Waals surface area contributed by atoms with Crippen LogP contribution in [0.5, 0.6) is 5.75 Å². The molecule has 0 fully saturated rings. The van der Waals surface area contributed by atoms with E-state index in [9.17, 15) is 4.39 Å². The molecule has 10 nitrogen and oxygen atoms in total. The number of nitrogens with one attached hydrogen (secondary N) is 1. The van der Waals surface area contributed by atoms with Crippen LogP contribution in [0.2, 0.25) is 5.15 Å². The molecule has 1 aliphatic heterocycles. The normalized spacial score (nSPS) is 15.8.